The lowest BCUT2D eigenvalue weighted by Crippen LogP contribution is -2.72. The molecular formula is C24H28Cl2N4O4. The summed E-state index contributed by atoms with van der Waals surface area (Å²) >= 11 is 12.2. The highest BCUT2D eigenvalue weighted by molar-refractivity contribution is 6.42. The van der Waals surface area contributed by atoms with Crippen molar-refractivity contribution in [2.75, 3.05) is 45.9 Å². The van der Waals surface area contributed by atoms with Gasteiger partial charge in [0.2, 0.25) is 5.91 Å². The summed E-state index contributed by atoms with van der Waals surface area (Å²) in [6.07, 6.45) is 3.97. The number of halogens is 2. The van der Waals surface area contributed by atoms with E-state index in [0.717, 1.165) is 31.5 Å². The number of hydrogen-bond donors (Lipinski definition) is 0. The highest BCUT2D eigenvalue weighted by Crippen LogP contribution is 2.30. The maximum atomic E-state index is 13.6. The van der Waals surface area contributed by atoms with Crippen molar-refractivity contribution < 1.29 is 18.8 Å². The number of amides is 1. The first kappa shape index (κ1) is 23.8. The number of benzene rings is 1. The topological polar surface area (TPSA) is 79.1 Å². The Kier molecular flexibility index (Phi) is 7.22. The van der Waals surface area contributed by atoms with E-state index in [2.05, 4.69) is 15.0 Å². The van der Waals surface area contributed by atoms with Gasteiger partial charge in [-0.2, -0.15) is 0 Å². The number of rotatable bonds is 6. The number of nitrogens with zero attached hydrogens (tertiary/aromatic N) is 4. The quantitative estimate of drug-likeness (QED) is 0.557. The van der Waals surface area contributed by atoms with Gasteiger partial charge in [-0.05, 0) is 43.6 Å². The molecule has 0 spiro atoms. The zero-order valence-corrected chi connectivity index (χ0v) is 20.4. The molecule has 1 unspecified atom stereocenters. The van der Waals surface area contributed by atoms with Crippen LogP contribution in [0.15, 0.2) is 35.1 Å². The molecule has 3 fully saturated rings. The van der Waals surface area contributed by atoms with Crippen molar-refractivity contribution in [1.29, 1.82) is 0 Å². The third kappa shape index (κ3) is 4.88. The Morgan fingerprint density at radius 1 is 1.00 bits per heavy atom. The molecule has 1 amide bonds. The van der Waals surface area contributed by atoms with Crippen molar-refractivity contribution in [3.8, 4) is 0 Å². The minimum absolute atomic E-state index is 0.0546. The average Bonchev–Trinajstić information content (AvgIpc) is 3.56. The Hall–Kier alpha value is -1.97. The van der Waals surface area contributed by atoms with E-state index < -0.39 is 0 Å². The van der Waals surface area contributed by atoms with Crippen molar-refractivity contribution in [2.45, 2.75) is 37.4 Å². The number of likely N-dealkylation sites (tertiary alicyclic amines) is 1. The molecule has 3 aliphatic heterocycles. The Balaban J connectivity index is 1.38. The second-order valence-electron chi connectivity index (χ2n) is 9.20. The average molecular weight is 507 g/mol. The van der Waals surface area contributed by atoms with E-state index in [9.17, 15) is 9.59 Å². The smallest absolute Gasteiger partial charge is 0.227 e. The molecule has 5 rings (SSSR count). The number of Topliss-reactive ketones (excluding diaryl/α,β-unsaturated/α-hetero) is 1. The van der Waals surface area contributed by atoms with Crippen LogP contribution in [0.1, 0.15) is 28.9 Å². The molecule has 1 aromatic carbocycles. The summed E-state index contributed by atoms with van der Waals surface area (Å²) < 4.78 is 10.9. The summed E-state index contributed by atoms with van der Waals surface area (Å²) in [5.41, 5.74) is 1.16. The molecule has 34 heavy (non-hydrogen) atoms. The standard InChI is InChI=1S/C24H28Cl2N4O4/c25-17-4-3-16(11-18(17)26)12-23(32)30-9-8-29(13-22(31)19-5-10-34-27-19)21-15-33-14-20(24(21)30)28-6-1-2-7-28/h3-5,10-11,20-21,24H,1-2,6-9,12-15H2/t20-,21+,24?/m0/s1. The lowest BCUT2D eigenvalue weighted by Gasteiger charge is -2.54. The molecule has 1 aromatic heterocycles. The molecule has 0 radical (unpaired) electrons. The first-order valence-electron chi connectivity index (χ1n) is 11.7. The van der Waals surface area contributed by atoms with Gasteiger partial charge >= 0.3 is 0 Å². The van der Waals surface area contributed by atoms with Crippen LogP contribution in [-0.4, -0.2) is 95.6 Å². The minimum atomic E-state index is -0.0913. The molecule has 3 atom stereocenters. The Bertz CT molecular complexity index is 1030. The summed E-state index contributed by atoms with van der Waals surface area (Å²) in [7, 11) is 0. The van der Waals surface area contributed by atoms with E-state index in [-0.39, 0.29) is 42.8 Å². The van der Waals surface area contributed by atoms with Gasteiger partial charge in [-0.3, -0.25) is 19.4 Å². The van der Waals surface area contributed by atoms with E-state index in [1.807, 2.05) is 11.0 Å². The van der Waals surface area contributed by atoms with Crippen LogP contribution in [0.25, 0.3) is 0 Å². The fourth-order valence-corrected chi connectivity index (χ4v) is 5.80. The van der Waals surface area contributed by atoms with E-state index in [4.69, 9.17) is 32.5 Å². The minimum Gasteiger partial charge on any atom is -0.378 e. The Morgan fingerprint density at radius 3 is 2.53 bits per heavy atom. The molecule has 3 saturated heterocycles. The third-order valence-electron chi connectivity index (χ3n) is 7.16. The summed E-state index contributed by atoms with van der Waals surface area (Å²) in [5, 5.41) is 4.71. The van der Waals surface area contributed by atoms with Crippen LogP contribution in [0.4, 0.5) is 0 Å². The number of hydrogen-bond acceptors (Lipinski definition) is 7. The predicted octanol–water partition coefficient (Wildman–Crippen LogP) is 2.78. The van der Waals surface area contributed by atoms with Crippen LogP contribution in [0.5, 0.6) is 0 Å². The van der Waals surface area contributed by atoms with Gasteiger partial charge < -0.3 is 14.2 Å². The zero-order chi connectivity index (χ0) is 23.7. The van der Waals surface area contributed by atoms with Gasteiger partial charge in [-0.25, -0.2) is 0 Å². The SMILES string of the molecule is O=C(CN1CCN(C(=O)Cc2ccc(Cl)c(Cl)c2)C2[C@H]1COC[C@@H]2N1CCCC1)c1ccon1. The normalized spacial score (nSPS) is 25.9. The number of aromatic nitrogens is 1. The second kappa shape index (κ2) is 10.3. The van der Waals surface area contributed by atoms with Crippen LogP contribution in [0.2, 0.25) is 10.0 Å². The number of ketones is 1. The maximum absolute atomic E-state index is 13.6. The van der Waals surface area contributed by atoms with Gasteiger partial charge in [0, 0.05) is 19.2 Å². The zero-order valence-electron chi connectivity index (χ0n) is 18.9. The van der Waals surface area contributed by atoms with Crippen molar-refractivity contribution in [3.05, 3.63) is 51.8 Å². The lowest BCUT2D eigenvalue weighted by atomic mass is 9.90. The molecule has 0 saturated carbocycles. The van der Waals surface area contributed by atoms with Crippen molar-refractivity contribution >= 4 is 34.9 Å². The lowest BCUT2D eigenvalue weighted by molar-refractivity contribution is -0.151. The van der Waals surface area contributed by atoms with Gasteiger partial charge in [0.25, 0.3) is 0 Å². The number of carbonyl (C=O) groups is 2. The van der Waals surface area contributed by atoms with E-state index in [1.165, 1.54) is 6.26 Å². The highest BCUT2D eigenvalue weighted by atomic mass is 35.5. The molecule has 4 heterocycles. The highest BCUT2D eigenvalue weighted by Gasteiger charge is 2.48. The number of carbonyl (C=O) groups excluding carboxylic acids is 2. The molecule has 0 N–H and O–H groups in total. The van der Waals surface area contributed by atoms with Crippen molar-refractivity contribution in [1.82, 2.24) is 19.9 Å². The van der Waals surface area contributed by atoms with Crippen LogP contribution >= 0.6 is 23.2 Å². The predicted molar refractivity (Wildman–Crippen MR) is 127 cm³/mol. The molecular weight excluding hydrogens is 479 g/mol. The second-order valence-corrected chi connectivity index (χ2v) is 10.0. The van der Waals surface area contributed by atoms with Crippen molar-refractivity contribution in [2.24, 2.45) is 0 Å². The van der Waals surface area contributed by atoms with Gasteiger partial charge in [0.1, 0.15) is 6.26 Å². The Labute approximate surface area is 208 Å². The molecule has 8 nitrogen and oxygen atoms in total. The van der Waals surface area contributed by atoms with Gasteiger partial charge in [-0.1, -0.05) is 34.4 Å². The maximum Gasteiger partial charge on any atom is 0.227 e. The number of ether oxygens (including phenoxy) is 1. The first-order chi connectivity index (χ1) is 16.5. The molecule has 0 bridgehead atoms. The van der Waals surface area contributed by atoms with Gasteiger partial charge in [-0.15, -0.1) is 0 Å². The van der Waals surface area contributed by atoms with E-state index in [1.54, 1.807) is 18.2 Å². The van der Waals surface area contributed by atoms with E-state index in [0.29, 0.717) is 42.0 Å². The van der Waals surface area contributed by atoms with Crippen molar-refractivity contribution in [3.63, 3.8) is 0 Å². The molecule has 2 aromatic rings. The summed E-state index contributed by atoms with van der Waals surface area (Å²) in [5.74, 6) is -0.0339. The monoisotopic (exact) mass is 506 g/mol. The summed E-state index contributed by atoms with van der Waals surface area (Å²) in [4.78, 5) is 33.0. The Morgan fingerprint density at radius 2 is 1.79 bits per heavy atom. The molecule has 3 aliphatic rings. The molecule has 0 aliphatic carbocycles. The summed E-state index contributed by atoms with van der Waals surface area (Å²) in [6.45, 7) is 4.44. The fraction of sp³-hybridized carbons (Fsp3) is 0.542. The number of fused-ring (bicyclic) bond motifs is 1. The van der Waals surface area contributed by atoms with Gasteiger partial charge in [0.05, 0.1) is 54.4 Å². The first-order valence-corrected chi connectivity index (χ1v) is 12.5. The molecule has 182 valence electrons. The van der Waals surface area contributed by atoms with Crippen LogP contribution in [0, 0.1) is 0 Å². The van der Waals surface area contributed by atoms with Gasteiger partial charge in [0.15, 0.2) is 11.5 Å². The van der Waals surface area contributed by atoms with Crippen LogP contribution < -0.4 is 0 Å². The van der Waals surface area contributed by atoms with E-state index >= 15 is 0 Å². The fourth-order valence-electron chi connectivity index (χ4n) is 5.48. The molecule has 10 heteroatoms. The third-order valence-corrected chi connectivity index (χ3v) is 7.90. The largest absolute Gasteiger partial charge is 0.378 e. The summed E-state index contributed by atoms with van der Waals surface area (Å²) in [6, 6.07) is 6.89. The van der Waals surface area contributed by atoms with Crippen LogP contribution in [-0.2, 0) is 16.0 Å². The van der Waals surface area contributed by atoms with Crippen LogP contribution in [0.3, 0.4) is 0 Å². The number of piperazine rings is 1.